The molecule has 0 saturated carbocycles. The number of benzene rings is 1. The molecule has 26 heavy (non-hydrogen) atoms. The van der Waals surface area contributed by atoms with E-state index in [9.17, 15) is 4.79 Å². The van der Waals surface area contributed by atoms with E-state index in [-0.39, 0.29) is 11.9 Å². The fourth-order valence-corrected chi connectivity index (χ4v) is 3.08. The molecule has 1 fully saturated rings. The van der Waals surface area contributed by atoms with Crippen molar-refractivity contribution in [2.75, 3.05) is 31.6 Å². The van der Waals surface area contributed by atoms with Gasteiger partial charge in [-0.3, -0.25) is 4.79 Å². The highest BCUT2D eigenvalue weighted by Crippen LogP contribution is 2.28. The van der Waals surface area contributed by atoms with E-state index in [1.165, 1.54) is 0 Å². The molecule has 1 aromatic carbocycles. The third-order valence-corrected chi connectivity index (χ3v) is 4.52. The molecule has 0 N–H and O–H groups in total. The van der Waals surface area contributed by atoms with Crippen LogP contribution in [-0.2, 0) is 0 Å². The van der Waals surface area contributed by atoms with Gasteiger partial charge in [0.25, 0.3) is 11.8 Å². The van der Waals surface area contributed by atoms with Crippen LogP contribution in [0.2, 0.25) is 0 Å². The highest BCUT2D eigenvalue weighted by atomic mass is 16.5. The Morgan fingerprint density at radius 3 is 2.77 bits per heavy atom. The van der Waals surface area contributed by atoms with Gasteiger partial charge in [0.1, 0.15) is 0 Å². The molecule has 1 aromatic heterocycles. The van der Waals surface area contributed by atoms with Crippen molar-refractivity contribution in [1.29, 1.82) is 5.26 Å². The summed E-state index contributed by atoms with van der Waals surface area (Å²) in [6.07, 6.45) is 4.11. The predicted molar refractivity (Wildman–Crippen MR) is 97.1 cm³/mol. The SMILES string of the molecule is CCOc1nccnc1N1CC[C@H](N(C)C(=O)c2ccc(C#N)cc2)C1. The topological polar surface area (TPSA) is 82.4 Å². The minimum Gasteiger partial charge on any atom is -0.475 e. The van der Waals surface area contributed by atoms with Gasteiger partial charge in [-0.15, -0.1) is 0 Å². The van der Waals surface area contributed by atoms with Crippen molar-refractivity contribution in [1.82, 2.24) is 14.9 Å². The van der Waals surface area contributed by atoms with Gasteiger partial charge >= 0.3 is 0 Å². The number of anilines is 1. The lowest BCUT2D eigenvalue weighted by Crippen LogP contribution is -2.39. The zero-order chi connectivity index (χ0) is 18.5. The molecular weight excluding hydrogens is 330 g/mol. The average Bonchev–Trinajstić information content (AvgIpc) is 3.17. The van der Waals surface area contributed by atoms with Crippen LogP contribution in [0.15, 0.2) is 36.7 Å². The lowest BCUT2D eigenvalue weighted by molar-refractivity contribution is 0.0745. The molecule has 0 spiro atoms. The van der Waals surface area contributed by atoms with Crippen LogP contribution in [0.3, 0.4) is 0 Å². The summed E-state index contributed by atoms with van der Waals surface area (Å²) >= 11 is 0. The Balaban J connectivity index is 1.70. The summed E-state index contributed by atoms with van der Waals surface area (Å²) in [5.74, 6) is 1.19. The van der Waals surface area contributed by atoms with Gasteiger partial charge in [-0.1, -0.05) is 0 Å². The van der Waals surface area contributed by atoms with Gasteiger partial charge < -0.3 is 14.5 Å². The Kier molecular flexibility index (Phi) is 5.32. The Labute approximate surface area is 152 Å². The van der Waals surface area contributed by atoms with Crippen LogP contribution in [0.4, 0.5) is 5.82 Å². The lowest BCUT2D eigenvalue weighted by atomic mass is 10.1. The first-order valence-corrected chi connectivity index (χ1v) is 8.60. The zero-order valence-corrected chi connectivity index (χ0v) is 14.9. The summed E-state index contributed by atoms with van der Waals surface area (Å²) < 4.78 is 5.56. The third kappa shape index (κ3) is 3.59. The summed E-state index contributed by atoms with van der Waals surface area (Å²) in [4.78, 5) is 25.2. The maximum Gasteiger partial charge on any atom is 0.257 e. The van der Waals surface area contributed by atoms with E-state index in [1.54, 1.807) is 41.6 Å². The molecule has 7 nitrogen and oxygen atoms in total. The third-order valence-electron chi connectivity index (χ3n) is 4.52. The minimum absolute atomic E-state index is 0.0504. The number of amides is 1. The van der Waals surface area contributed by atoms with Gasteiger partial charge in [0, 0.05) is 38.1 Å². The number of likely N-dealkylation sites (N-methyl/N-ethyl adjacent to an activating group) is 1. The molecule has 0 unspecified atom stereocenters. The number of hydrogen-bond donors (Lipinski definition) is 0. The number of aromatic nitrogens is 2. The van der Waals surface area contributed by atoms with E-state index in [1.807, 2.05) is 14.0 Å². The number of nitrogens with zero attached hydrogens (tertiary/aromatic N) is 5. The molecule has 3 rings (SSSR count). The number of ether oxygens (including phenoxy) is 1. The van der Waals surface area contributed by atoms with E-state index in [2.05, 4.69) is 20.9 Å². The fraction of sp³-hybridized carbons (Fsp3) is 0.368. The van der Waals surface area contributed by atoms with Crippen molar-refractivity contribution in [2.24, 2.45) is 0 Å². The van der Waals surface area contributed by atoms with Gasteiger partial charge in [0.2, 0.25) is 0 Å². The molecule has 1 saturated heterocycles. The molecule has 2 aromatic rings. The van der Waals surface area contributed by atoms with Crippen LogP contribution in [0.5, 0.6) is 5.88 Å². The molecule has 0 bridgehead atoms. The van der Waals surface area contributed by atoms with Crippen molar-refractivity contribution in [3.8, 4) is 11.9 Å². The van der Waals surface area contributed by atoms with Crippen LogP contribution in [0, 0.1) is 11.3 Å². The quantitative estimate of drug-likeness (QED) is 0.820. The van der Waals surface area contributed by atoms with Crippen molar-refractivity contribution in [3.63, 3.8) is 0 Å². The fourth-order valence-electron chi connectivity index (χ4n) is 3.08. The number of hydrogen-bond acceptors (Lipinski definition) is 6. The Morgan fingerprint density at radius 2 is 2.08 bits per heavy atom. The first kappa shape index (κ1) is 17.7. The summed E-state index contributed by atoms with van der Waals surface area (Å²) in [5.41, 5.74) is 1.13. The summed E-state index contributed by atoms with van der Waals surface area (Å²) in [6.45, 7) is 3.90. The minimum atomic E-state index is -0.0504. The second kappa shape index (κ2) is 7.83. The number of nitriles is 1. The van der Waals surface area contributed by atoms with E-state index in [0.717, 1.165) is 18.8 Å². The molecule has 2 heterocycles. The zero-order valence-electron chi connectivity index (χ0n) is 14.9. The van der Waals surface area contributed by atoms with Crippen LogP contribution >= 0.6 is 0 Å². The van der Waals surface area contributed by atoms with E-state index in [4.69, 9.17) is 10.00 Å². The second-order valence-electron chi connectivity index (χ2n) is 6.11. The van der Waals surface area contributed by atoms with Crippen LogP contribution in [-0.4, -0.2) is 53.6 Å². The van der Waals surface area contributed by atoms with Gasteiger partial charge in [-0.2, -0.15) is 5.26 Å². The van der Waals surface area contributed by atoms with Crippen molar-refractivity contribution in [3.05, 3.63) is 47.8 Å². The maximum atomic E-state index is 12.7. The second-order valence-corrected chi connectivity index (χ2v) is 6.11. The van der Waals surface area contributed by atoms with Crippen LogP contribution < -0.4 is 9.64 Å². The molecule has 0 aliphatic carbocycles. The van der Waals surface area contributed by atoms with E-state index in [0.29, 0.717) is 30.2 Å². The molecule has 1 amide bonds. The Hall–Kier alpha value is -3.14. The van der Waals surface area contributed by atoms with Crippen molar-refractivity contribution in [2.45, 2.75) is 19.4 Å². The number of carbonyl (C=O) groups excluding carboxylic acids is 1. The summed E-state index contributed by atoms with van der Waals surface area (Å²) in [5, 5.41) is 8.87. The highest BCUT2D eigenvalue weighted by Gasteiger charge is 2.31. The first-order chi connectivity index (χ1) is 12.6. The van der Waals surface area contributed by atoms with E-state index >= 15 is 0 Å². The van der Waals surface area contributed by atoms with Crippen LogP contribution in [0.1, 0.15) is 29.3 Å². The normalized spacial score (nSPS) is 16.2. The van der Waals surface area contributed by atoms with Gasteiger partial charge in [-0.05, 0) is 37.6 Å². The monoisotopic (exact) mass is 351 g/mol. The Bertz CT molecular complexity index is 815. The molecule has 7 heteroatoms. The van der Waals surface area contributed by atoms with Crippen LogP contribution in [0.25, 0.3) is 0 Å². The van der Waals surface area contributed by atoms with E-state index < -0.39 is 0 Å². The van der Waals surface area contributed by atoms with Gasteiger partial charge in [0.05, 0.1) is 24.3 Å². The average molecular weight is 351 g/mol. The maximum absolute atomic E-state index is 12.7. The lowest BCUT2D eigenvalue weighted by Gasteiger charge is -2.25. The highest BCUT2D eigenvalue weighted by molar-refractivity contribution is 5.94. The molecule has 1 aliphatic rings. The Morgan fingerprint density at radius 1 is 1.35 bits per heavy atom. The standard InChI is InChI=1S/C19H21N5O2/c1-3-26-18-17(21-9-10-22-18)24-11-8-16(13-24)23(2)19(25)15-6-4-14(12-20)5-7-15/h4-7,9-10,16H,3,8,11,13H2,1-2H3/t16-/m0/s1. The summed E-state index contributed by atoms with van der Waals surface area (Å²) in [6, 6.07) is 8.85. The molecule has 1 atom stereocenters. The predicted octanol–water partition coefficient (Wildman–Crippen LogP) is 2.10. The molecule has 1 aliphatic heterocycles. The van der Waals surface area contributed by atoms with Gasteiger partial charge in [0.15, 0.2) is 5.82 Å². The first-order valence-electron chi connectivity index (χ1n) is 8.60. The molecular formula is C19H21N5O2. The van der Waals surface area contributed by atoms with Crippen molar-refractivity contribution >= 4 is 11.7 Å². The van der Waals surface area contributed by atoms with Crippen molar-refractivity contribution < 1.29 is 9.53 Å². The smallest absolute Gasteiger partial charge is 0.257 e. The number of carbonyl (C=O) groups is 1. The molecule has 134 valence electrons. The van der Waals surface area contributed by atoms with Gasteiger partial charge in [-0.25, -0.2) is 9.97 Å². The summed E-state index contributed by atoms with van der Waals surface area (Å²) in [7, 11) is 1.81. The number of rotatable bonds is 5. The largest absolute Gasteiger partial charge is 0.475 e. The molecule has 0 radical (unpaired) electrons.